The standard InChI is InChI=1S/C16H31N3O2/c1-2-13(7-8-17)5-6-16(20)18-10-15-11-19-9-3-4-14(19)12-21-15/h13-15H,2-12,17H2,1H3,(H,18,20). The normalized spacial score (nSPS) is 27.3. The molecule has 2 aliphatic rings. The maximum absolute atomic E-state index is 11.9. The van der Waals surface area contributed by atoms with Gasteiger partial charge in [0, 0.05) is 25.6 Å². The molecule has 0 aromatic rings. The van der Waals surface area contributed by atoms with Gasteiger partial charge in [0.05, 0.1) is 12.7 Å². The molecule has 5 nitrogen and oxygen atoms in total. The molecule has 0 radical (unpaired) electrons. The van der Waals surface area contributed by atoms with Gasteiger partial charge >= 0.3 is 0 Å². The van der Waals surface area contributed by atoms with Gasteiger partial charge in [-0.2, -0.15) is 0 Å². The molecule has 3 atom stereocenters. The van der Waals surface area contributed by atoms with Crippen LogP contribution in [0.1, 0.15) is 45.4 Å². The van der Waals surface area contributed by atoms with Crippen LogP contribution in [0.4, 0.5) is 0 Å². The van der Waals surface area contributed by atoms with E-state index in [9.17, 15) is 4.79 Å². The molecule has 3 unspecified atom stereocenters. The minimum Gasteiger partial charge on any atom is -0.373 e. The molecule has 2 rings (SSSR count). The third-order valence-electron chi connectivity index (χ3n) is 4.92. The summed E-state index contributed by atoms with van der Waals surface area (Å²) < 4.78 is 5.85. The van der Waals surface area contributed by atoms with E-state index in [4.69, 9.17) is 10.5 Å². The first-order valence-electron chi connectivity index (χ1n) is 8.55. The summed E-state index contributed by atoms with van der Waals surface area (Å²) in [7, 11) is 0. The minimum absolute atomic E-state index is 0.151. The van der Waals surface area contributed by atoms with E-state index in [1.807, 2.05) is 0 Å². The second-order valence-corrected chi connectivity index (χ2v) is 6.44. The van der Waals surface area contributed by atoms with Crippen LogP contribution in [0.2, 0.25) is 0 Å². The van der Waals surface area contributed by atoms with Crippen molar-refractivity contribution in [2.45, 2.75) is 57.6 Å². The minimum atomic E-state index is 0.151. The van der Waals surface area contributed by atoms with Crippen molar-refractivity contribution in [2.75, 3.05) is 32.8 Å². The number of amides is 1. The van der Waals surface area contributed by atoms with Gasteiger partial charge in [-0.05, 0) is 44.7 Å². The maximum Gasteiger partial charge on any atom is 0.220 e. The molecule has 2 heterocycles. The van der Waals surface area contributed by atoms with Gasteiger partial charge in [0.25, 0.3) is 0 Å². The van der Waals surface area contributed by atoms with E-state index in [-0.39, 0.29) is 12.0 Å². The number of nitrogens with one attached hydrogen (secondary N) is 1. The lowest BCUT2D eigenvalue weighted by Crippen LogP contribution is -2.50. The Morgan fingerprint density at radius 1 is 1.48 bits per heavy atom. The fourth-order valence-corrected chi connectivity index (χ4v) is 3.45. The Morgan fingerprint density at radius 2 is 2.33 bits per heavy atom. The maximum atomic E-state index is 11.9. The first-order valence-corrected chi connectivity index (χ1v) is 8.55. The van der Waals surface area contributed by atoms with Crippen molar-refractivity contribution in [3.8, 4) is 0 Å². The number of carbonyl (C=O) groups excluding carboxylic acids is 1. The Hall–Kier alpha value is -0.650. The van der Waals surface area contributed by atoms with Gasteiger partial charge in [0.2, 0.25) is 5.91 Å². The lowest BCUT2D eigenvalue weighted by atomic mass is 9.96. The van der Waals surface area contributed by atoms with E-state index in [0.29, 0.717) is 31.5 Å². The Balaban J connectivity index is 1.60. The van der Waals surface area contributed by atoms with Crippen molar-refractivity contribution in [2.24, 2.45) is 11.7 Å². The molecule has 0 bridgehead atoms. The first kappa shape index (κ1) is 16.7. The van der Waals surface area contributed by atoms with Crippen molar-refractivity contribution in [3.05, 3.63) is 0 Å². The third-order valence-corrected chi connectivity index (χ3v) is 4.92. The highest BCUT2D eigenvalue weighted by atomic mass is 16.5. The zero-order chi connectivity index (χ0) is 15.1. The van der Waals surface area contributed by atoms with Gasteiger partial charge in [-0.15, -0.1) is 0 Å². The van der Waals surface area contributed by atoms with Crippen LogP contribution < -0.4 is 11.1 Å². The summed E-state index contributed by atoms with van der Waals surface area (Å²) in [5.41, 5.74) is 5.59. The molecule has 0 aromatic heterocycles. The molecule has 0 spiro atoms. The Kier molecular flexibility index (Phi) is 6.93. The first-order chi connectivity index (χ1) is 10.2. The van der Waals surface area contributed by atoms with Crippen molar-refractivity contribution >= 4 is 5.91 Å². The predicted octanol–water partition coefficient (Wildman–Crippen LogP) is 1.12. The second-order valence-electron chi connectivity index (χ2n) is 6.44. The molecular formula is C16H31N3O2. The highest BCUT2D eigenvalue weighted by molar-refractivity contribution is 5.75. The molecule has 5 heteroatoms. The SMILES string of the molecule is CCC(CCN)CCC(=O)NCC1CN2CCCC2CO1. The fraction of sp³-hybridized carbons (Fsp3) is 0.938. The molecular weight excluding hydrogens is 266 g/mol. The number of fused-ring (bicyclic) bond motifs is 1. The van der Waals surface area contributed by atoms with E-state index in [2.05, 4.69) is 17.1 Å². The van der Waals surface area contributed by atoms with Crippen molar-refractivity contribution in [1.82, 2.24) is 10.2 Å². The number of ether oxygens (including phenoxy) is 1. The largest absolute Gasteiger partial charge is 0.373 e. The molecule has 21 heavy (non-hydrogen) atoms. The molecule has 2 saturated heterocycles. The smallest absolute Gasteiger partial charge is 0.220 e. The van der Waals surface area contributed by atoms with Crippen LogP contribution >= 0.6 is 0 Å². The average Bonchev–Trinajstić information content (AvgIpc) is 2.96. The van der Waals surface area contributed by atoms with Crippen LogP contribution in [0.3, 0.4) is 0 Å². The highest BCUT2D eigenvalue weighted by Crippen LogP contribution is 2.22. The quantitative estimate of drug-likeness (QED) is 0.704. The van der Waals surface area contributed by atoms with Crippen LogP contribution in [-0.2, 0) is 9.53 Å². The predicted molar refractivity (Wildman–Crippen MR) is 84.0 cm³/mol. The number of hydrogen-bond acceptors (Lipinski definition) is 4. The second kappa shape index (κ2) is 8.71. The molecule has 0 saturated carbocycles. The molecule has 0 aromatic carbocycles. The zero-order valence-corrected chi connectivity index (χ0v) is 13.4. The number of carbonyl (C=O) groups is 1. The Morgan fingerprint density at radius 3 is 3.10 bits per heavy atom. The van der Waals surface area contributed by atoms with Gasteiger partial charge < -0.3 is 15.8 Å². The molecule has 2 aliphatic heterocycles. The summed E-state index contributed by atoms with van der Waals surface area (Å²) in [6.07, 6.45) is 6.38. The van der Waals surface area contributed by atoms with Crippen LogP contribution in [0, 0.1) is 5.92 Å². The van der Waals surface area contributed by atoms with E-state index in [1.165, 1.54) is 19.4 Å². The summed E-state index contributed by atoms with van der Waals surface area (Å²) in [4.78, 5) is 14.4. The average molecular weight is 297 g/mol. The number of nitrogens with two attached hydrogens (primary N) is 1. The summed E-state index contributed by atoms with van der Waals surface area (Å²) in [5.74, 6) is 0.731. The number of nitrogens with zero attached hydrogens (tertiary/aromatic N) is 1. The van der Waals surface area contributed by atoms with Crippen LogP contribution in [-0.4, -0.2) is 55.7 Å². The van der Waals surface area contributed by atoms with Crippen LogP contribution in [0.15, 0.2) is 0 Å². The van der Waals surface area contributed by atoms with Crippen molar-refractivity contribution in [1.29, 1.82) is 0 Å². The fourth-order valence-electron chi connectivity index (χ4n) is 3.45. The summed E-state index contributed by atoms with van der Waals surface area (Å²) in [5, 5.41) is 3.03. The van der Waals surface area contributed by atoms with Gasteiger partial charge in [-0.25, -0.2) is 0 Å². The molecule has 1 amide bonds. The van der Waals surface area contributed by atoms with Gasteiger partial charge in [0.15, 0.2) is 0 Å². The van der Waals surface area contributed by atoms with E-state index in [0.717, 1.165) is 32.4 Å². The molecule has 0 aliphatic carbocycles. The number of morpholine rings is 1. The monoisotopic (exact) mass is 297 g/mol. The third kappa shape index (κ3) is 5.24. The summed E-state index contributed by atoms with van der Waals surface area (Å²) in [6, 6.07) is 0.624. The van der Waals surface area contributed by atoms with Crippen molar-refractivity contribution in [3.63, 3.8) is 0 Å². The molecule has 2 fully saturated rings. The van der Waals surface area contributed by atoms with E-state index in [1.54, 1.807) is 0 Å². The lowest BCUT2D eigenvalue weighted by Gasteiger charge is -2.35. The number of rotatable bonds is 8. The van der Waals surface area contributed by atoms with Crippen LogP contribution in [0.5, 0.6) is 0 Å². The van der Waals surface area contributed by atoms with Gasteiger partial charge in [0.1, 0.15) is 0 Å². The lowest BCUT2D eigenvalue weighted by molar-refractivity contribution is -0.122. The van der Waals surface area contributed by atoms with Gasteiger partial charge in [-0.1, -0.05) is 13.3 Å². The van der Waals surface area contributed by atoms with Gasteiger partial charge in [-0.3, -0.25) is 9.69 Å². The van der Waals surface area contributed by atoms with Crippen LogP contribution in [0.25, 0.3) is 0 Å². The Labute approximate surface area is 128 Å². The van der Waals surface area contributed by atoms with Crippen molar-refractivity contribution < 1.29 is 9.53 Å². The van der Waals surface area contributed by atoms with E-state index >= 15 is 0 Å². The Bertz CT molecular complexity index is 325. The molecule has 122 valence electrons. The number of hydrogen-bond donors (Lipinski definition) is 2. The van der Waals surface area contributed by atoms with E-state index < -0.39 is 0 Å². The zero-order valence-electron chi connectivity index (χ0n) is 13.4. The summed E-state index contributed by atoms with van der Waals surface area (Å²) >= 11 is 0. The summed E-state index contributed by atoms with van der Waals surface area (Å²) in [6.45, 7) is 6.52. The molecule has 3 N–H and O–H groups in total. The topological polar surface area (TPSA) is 67.6 Å². The highest BCUT2D eigenvalue weighted by Gasteiger charge is 2.32.